The lowest BCUT2D eigenvalue weighted by Crippen LogP contribution is -2.38. The first-order chi connectivity index (χ1) is 21.3. The summed E-state index contributed by atoms with van der Waals surface area (Å²) in [7, 11) is 1.61. The number of nitrogens with one attached hydrogen (secondary N) is 1. The fourth-order valence-electron chi connectivity index (χ4n) is 6.43. The maximum Gasteiger partial charge on any atom is 0.302 e. The molecular formula is C32H32FN5O5S. The maximum absolute atomic E-state index is 15.5. The van der Waals surface area contributed by atoms with E-state index < -0.39 is 11.8 Å². The van der Waals surface area contributed by atoms with E-state index in [4.69, 9.17) is 9.47 Å². The molecule has 12 heteroatoms. The van der Waals surface area contributed by atoms with Crippen molar-refractivity contribution < 1.29 is 23.5 Å². The molecule has 7 rings (SSSR count). The van der Waals surface area contributed by atoms with Crippen molar-refractivity contribution in [3.63, 3.8) is 0 Å². The molecule has 0 fully saturated rings. The van der Waals surface area contributed by atoms with Gasteiger partial charge in [0.05, 0.1) is 36.0 Å². The largest absolute Gasteiger partial charge is 0.461 e. The highest BCUT2D eigenvalue weighted by Gasteiger charge is 2.34. The van der Waals surface area contributed by atoms with Crippen LogP contribution in [0.3, 0.4) is 0 Å². The Bertz CT molecular complexity index is 1850. The highest BCUT2D eigenvalue weighted by atomic mass is 32.1. The summed E-state index contributed by atoms with van der Waals surface area (Å²) < 4.78 is 29.7. The number of aromatic nitrogens is 3. The SMILES string of the molecule is CC(=O)OCc1c(-c2cc(Nc3cc4n(n3)CCOC4)c(=O)n(C)c2)cc(F)cc1N1CCc2c(sc3c2CCCC3)C1=O. The Labute approximate surface area is 257 Å². The van der Waals surface area contributed by atoms with Crippen LogP contribution < -0.4 is 15.8 Å². The highest BCUT2D eigenvalue weighted by molar-refractivity contribution is 7.14. The van der Waals surface area contributed by atoms with Crippen molar-refractivity contribution in [1.82, 2.24) is 14.3 Å². The van der Waals surface area contributed by atoms with E-state index in [2.05, 4.69) is 10.4 Å². The number of halogens is 1. The lowest BCUT2D eigenvalue weighted by Gasteiger charge is -2.30. The summed E-state index contributed by atoms with van der Waals surface area (Å²) in [5.41, 5.74) is 5.07. The first-order valence-corrected chi connectivity index (χ1v) is 15.6. The van der Waals surface area contributed by atoms with Crippen LogP contribution in [0.5, 0.6) is 0 Å². The summed E-state index contributed by atoms with van der Waals surface area (Å²) in [6.45, 7) is 3.14. The number of hydrogen-bond donors (Lipinski definition) is 1. The minimum atomic E-state index is -0.546. The first kappa shape index (κ1) is 28.5. The second-order valence-corrected chi connectivity index (χ2v) is 12.5. The fraction of sp³-hybridized carbons (Fsp3) is 0.375. The van der Waals surface area contributed by atoms with Crippen LogP contribution in [0.25, 0.3) is 11.1 Å². The van der Waals surface area contributed by atoms with E-state index in [1.807, 2.05) is 10.7 Å². The Morgan fingerprint density at radius 3 is 2.77 bits per heavy atom. The second kappa shape index (κ2) is 11.3. The summed E-state index contributed by atoms with van der Waals surface area (Å²) in [4.78, 5) is 42.7. The molecule has 1 aliphatic carbocycles. The third-order valence-corrected chi connectivity index (χ3v) is 9.85. The van der Waals surface area contributed by atoms with E-state index in [0.717, 1.165) is 36.9 Å². The Morgan fingerprint density at radius 2 is 1.95 bits per heavy atom. The number of fused-ring (bicyclic) bond motifs is 4. The Balaban J connectivity index is 1.31. The molecule has 0 bridgehead atoms. The minimum Gasteiger partial charge on any atom is -0.461 e. The molecule has 44 heavy (non-hydrogen) atoms. The number of carbonyl (C=O) groups excluding carboxylic acids is 2. The molecule has 2 aliphatic heterocycles. The summed E-state index contributed by atoms with van der Waals surface area (Å²) in [5, 5.41) is 7.66. The molecule has 0 saturated carbocycles. The Hall–Kier alpha value is -4.29. The molecule has 3 aromatic heterocycles. The molecular weight excluding hydrogens is 585 g/mol. The lowest BCUT2D eigenvalue weighted by atomic mass is 9.91. The van der Waals surface area contributed by atoms with Crippen LogP contribution >= 0.6 is 11.3 Å². The number of ether oxygens (including phenoxy) is 2. The minimum absolute atomic E-state index is 0.165. The van der Waals surface area contributed by atoms with Crippen LogP contribution in [0.4, 0.5) is 21.6 Å². The third-order valence-electron chi connectivity index (χ3n) is 8.53. The number of nitrogens with zero attached hydrogens (tertiary/aromatic N) is 4. The number of anilines is 3. The molecule has 10 nitrogen and oxygen atoms in total. The Kier molecular flexibility index (Phi) is 7.33. The summed E-state index contributed by atoms with van der Waals surface area (Å²) in [6, 6.07) is 6.15. The molecule has 0 saturated heterocycles. The van der Waals surface area contributed by atoms with E-state index in [1.165, 1.54) is 34.1 Å². The van der Waals surface area contributed by atoms with E-state index in [9.17, 15) is 14.4 Å². The fourth-order valence-corrected chi connectivity index (χ4v) is 7.82. The zero-order chi connectivity index (χ0) is 30.5. The first-order valence-electron chi connectivity index (χ1n) is 14.8. The molecule has 0 radical (unpaired) electrons. The number of carbonyl (C=O) groups is 2. The standard InChI is InChI=1S/C32H32FN5O5S/c1-18(39)43-17-25-24(19-11-26(31(40)36(2)15-19)34-29-14-21-16-42-10-9-38(21)35-29)12-20(33)13-27(25)37-8-7-23-22-5-3-4-6-28(22)44-30(23)32(37)41/h11-15H,3-10,16-17H2,1-2H3,(H,34,35). The molecule has 0 atom stereocenters. The highest BCUT2D eigenvalue weighted by Crippen LogP contribution is 2.41. The second-order valence-electron chi connectivity index (χ2n) is 11.4. The van der Waals surface area contributed by atoms with Gasteiger partial charge in [-0.3, -0.25) is 19.1 Å². The average molecular weight is 618 g/mol. The molecule has 1 N–H and O–H groups in total. The summed E-state index contributed by atoms with van der Waals surface area (Å²) >= 11 is 1.56. The van der Waals surface area contributed by atoms with Crippen molar-refractivity contribution in [3.05, 3.63) is 78.8 Å². The maximum atomic E-state index is 15.5. The van der Waals surface area contributed by atoms with Gasteiger partial charge in [-0.25, -0.2) is 4.39 Å². The molecule has 4 aromatic rings. The smallest absolute Gasteiger partial charge is 0.302 e. The number of rotatable bonds is 6. The van der Waals surface area contributed by atoms with Gasteiger partial charge >= 0.3 is 5.97 Å². The number of amides is 1. The van der Waals surface area contributed by atoms with E-state index in [1.54, 1.807) is 35.5 Å². The van der Waals surface area contributed by atoms with Crippen LogP contribution in [0, 0.1) is 5.82 Å². The van der Waals surface area contributed by atoms with Gasteiger partial charge in [0.1, 0.15) is 18.1 Å². The van der Waals surface area contributed by atoms with Gasteiger partial charge in [0.25, 0.3) is 11.5 Å². The van der Waals surface area contributed by atoms with Gasteiger partial charge in [-0.2, -0.15) is 5.10 Å². The van der Waals surface area contributed by atoms with Crippen LogP contribution in [-0.2, 0) is 60.3 Å². The zero-order valence-electron chi connectivity index (χ0n) is 24.6. The van der Waals surface area contributed by atoms with Gasteiger partial charge in [0, 0.05) is 48.8 Å². The third kappa shape index (κ3) is 5.11. The summed E-state index contributed by atoms with van der Waals surface area (Å²) in [5.74, 6) is -0.717. The molecule has 3 aliphatic rings. The van der Waals surface area contributed by atoms with Crippen molar-refractivity contribution >= 4 is 40.4 Å². The van der Waals surface area contributed by atoms with Gasteiger partial charge in [0.15, 0.2) is 5.82 Å². The predicted octanol–water partition coefficient (Wildman–Crippen LogP) is 4.87. The molecule has 1 amide bonds. The average Bonchev–Trinajstić information content (AvgIpc) is 3.60. The van der Waals surface area contributed by atoms with Gasteiger partial charge in [-0.15, -0.1) is 11.3 Å². The lowest BCUT2D eigenvalue weighted by molar-refractivity contribution is -0.142. The normalized spacial score (nSPS) is 15.9. The predicted molar refractivity (Wildman–Crippen MR) is 164 cm³/mol. The van der Waals surface area contributed by atoms with Crippen LogP contribution in [0.2, 0.25) is 0 Å². The van der Waals surface area contributed by atoms with Gasteiger partial charge in [0.2, 0.25) is 0 Å². The molecule has 0 unspecified atom stereocenters. The molecule has 0 spiro atoms. The zero-order valence-corrected chi connectivity index (χ0v) is 25.4. The molecule has 5 heterocycles. The topological polar surface area (TPSA) is 108 Å². The van der Waals surface area contributed by atoms with Crippen molar-refractivity contribution in [2.75, 3.05) is 23.4 Å². The van der Waals surface area contributed by atoms with Crippen molar-refractivity contribution in [2.24, 2.45) is 7.05 Å². The van der Waals surface area contributed by atoms with Crippen molar-refractivity contribution in [3.8, 4) is 11.1 Å². The van der Waals surface area contributed by atoms with Crippen molar-refractivity contribution in [1.29, 1.82) is 0 Å². The summed E-state index contributed by atoms with van der Waals surface area (Å²) in [6.07, 6.45) is 6.52. The Morgan fingerprint density at radius 1 is 1.11 bits per heavy atom. The van der Waals surface area contributed by atoms with E-state index >= 15 is 4.39 Å². The van der Waals surface area contributed by atoms with Crippen LogP contribution in [0.15, 0.2) is 35.3 Å². The van der Waals surface area contributed by atoms with Gasteiger partial charge in [-0.05, 0) is 67.0 Å². The van der Waals surface area contributed by atoms with Crippen molar-refractivity contribution in [2.45, 2.75) is 58.8 Å². The number of pyridine rings is 1. The number of thiophene rings is 1. The number of aryl methyl sites for hydroxylation is 2. The number of esters is 1. The van der Waals surface area contributed by atoms with Gasteiger partial charge < -0.3 is 24.3 Å². The number of hydrogen-bond acceptors (Lipinski definition) is 8. The number of benzene rings is 1. The van der Waals surface area contributed by atoms with Crippen LogP contribution in [0.1, 0.15) is 56.7 Å². The van der Waals surface area contributed by atoms with E-state index in [-0.39, 0.29) is 23.8 Å². The van der Waals surface area contributed by atoms with Gasteiger partial charge in [-0.1, -0.05) is 0 Å². The molecule has 1 aromatic carbocycles. The molecule has 228 valence electrons. The quantitative estimate of drug-likeness (QED) is 0.308. The monoisotopic (exact) mass is 617 g/mol. The van der Waals surface area contributed by atoms with E-state index in [0.29, 0.717) is 65.8 Å². The van der Waals surface area contributed by atoms with Crippen LogP contribution in [-0.4, -0.2) is 39.4 Å².